The minimum Gasteiger partial charge on any atom is -0.323 e. The Labute approximate surface area is 94.3 Å². The van der Waals surface area contributed by atoms with E-state index in [0.717, 1.165) is 5.56 Å². The Morgan fingerprint density at radius 1 is 1.38 bits per heavy atom. The molecule has 0 saturated heterocycles. The van der Waals surface area contributed by atoms with Crippen LogP contribution in [0.5, 0.6) is 0 Å². The molecule has 6 nitrogen and oxygen atoms in total. The molecule has 0 radical (unpaired) electrons. The first kappa shape index (κ1) is 13.3. The van der Waals surface area contributed by atoms with Gasteiger partial charge in [-0.15, -0.1) is 0 Å². The van der Waals surface area contributed by atoms with Gasteiger partial charge in [-0.2, -0.15) is 0 Å². The number of rotatable bonds is 4. The molecule has 7 heteroatoms. The Balaban J connectivity index is 2.65. The smallest absolute Gasteiger partial charge is 0.323 e. The molecular formula is C9H16N3O3P. The zero-order valence-corrected chi connectivity index (χ0v) is 10.4. The minimum absolute atomic E-state index is 0.318. The van der Waals surface area contributed by atoms with Crippen LogP contribution in [0.25, 0.3) is 0 Å². The van der Waals surface area contributed by atoms with E-state index in [9.17, 15) is 4.57 Å². The van der Waals surface area contributed by atoms with Crippen molar-refractivity contribution in [2.75, 3.05) is 0 Å². The molecule has 0 atom stereocenters. The van der Waals surface area contributed by atoms with Crippen molar-refractivity contribution < 1.29 is 14.4 Å². The first-order valence-electron chi connectivity index (χ1n) is 4.80. The molecule has 0 aliphatic rings. The highest BCUT2D eigenvalue weighted by Gasteiger charge is 2.36. The van der Waals surface area contributed by atoms with Crippen molar-refractivity contribution in [3.05, 3.63) is 23.8 Å². The Morgan fingerprint density at radius 3 is 2.31 bits per heavy atom. The van der Waals surface area contributed by atoms with Gasteiger partial charge in [-0.1, -0.05) is 0 Å². The van der Waals surface area contributed by atoms with Crippen molar-refractivity contribution in [3.63, 3.8) is 0 Å². The van der Waals surface area contributed by atoms with Crippen molar-refractivity contribution in [1.82, 2.24) is 15.3 Å². The largest absolute Gasteiger partial charge is 0.344 e. The quantitative estimate of drug-likeness (QED) is 0.679. The third kappa shape index (κ3) is 3.35. The molecule has 1 heterocycles. The van der Waals surface area contributed by atoms with Crippen molar-refractivity contribution in [2.45, 2.75) is 32.6 Å². The summed E-state index contributed by atoms with van der Waals surface area (Å²) in [7, 11) is -4.17. The van der Waals surface area contributed by atoms with Gasteiger partial charge in [-0.05, 0) is 20.8 Å². The Morgan fingerprint density at radius 2 is 1.88 bits per heavy atom. The Bertz CT molecular complexity index is 399. The second-order valence-electron chi connectivity index (χ2n) is 4.10. The summed E-state index contributed by atoms with van der Waals surface area (Å²) in [6.45, 7) is 5.01. The summed E-state index contributed by atoms with van der Waals surface area (Å²) in [4.78, 5) is 26.2. The van der Waals surface area contributed by atoms with Crippen LogP contribution < -0.4 is 5.32 Å². The van der Waals surface area contributed by atoms with Gasteiger partial charge in [0.1, 0.15) is 11.1 Å². The standard InChI is InChI=1S/C9H16N3O3P/c1-7-10-4-8(5-11-7)6-12-9(2,3)16(13,14)15/h4-5,12H,6H2,1-3H3,(H2,13,14,15). The fourth-order valence-corrected chi connectivity index (χ4v) is 1.22. The van der Waals surface area contributed by atoms with Crippen LogP contribution in [0.2, 0.25) is 0 Å². The van der Waals surface area contributed by atoms with Crippen molar-refractivity contribution in [1.29, 1.82) is 0 Å². The average Bonchev–Trinajstić information content (AvgIpc) is 2.15. The van der Waals surface area contributed by atoms with Crippen molar-refractivity contribution >= 4 is 7.60 Å². The predicted molar refractivity (Wildman–Crippen MR) is 59.7 cm³/mol. The number of hydrogen-bond acceptors (Lipinski definition) is 4. The lowest BCUT2D eigenvalue weighted by Crippen LogP contribution is -2.38. The van der Waals surface area contributed by atoms with Gasteiger partial charge in [0.15, 0.2) is 0 Å². The van der Waals surface area contributed by atoms with Crippen LogP contribution in [-0.2, 0) is 11.1 Å². The van der Waals surface area contributed by atoms with E-state index in [-0.39, 0.29) is 0 Å². The van der Waals surface area contributed by atoms with E-state index >= 15 is 0 Å². The predicted octanol–water partition coefficient (Wildman–Crippen LogP) is 0.788. The van der Waals surface area contributed by atoms with E-state index in [1.54, 1.807) is 19.3 Å². The lowest BCUT2D eigenvalue weighted by molar-refractivity contribution is 0.314. The highest BCUT2D eigenvalue weighted by Crippen LogP contribution is 2.48. The van der Waals surface area contributed by atoms with Crippen molar-refractivity contribution in [2.24, 2.45) is 0 Å². The SMILES string of the molecule is Cc1ncc(CNC(C)(C)P(=O)(O)O)cn1. The molecule has 1 aromatic rings. The first-order valence-corrected chi connectivity index (χ1v) is 6.42. The lowest BCUT2D eigenvalue weighted by Gasteiger charge is -2.27. The third-order valence-electron chi connectivity index (χ3n) is 2.29. The van der Waals surface area contributed by atoms with Gasteiger partial charge in [-0.3, -0.25) is 9.88 Å². The zero-order valence-electron chi connectivity index (χ0n) is 9.51. The van der Waals surface area contributed by atoms with Gasteiger partial charge >= 0.3 is 7.60 Å². The van der Waals surface area contributed by atoms with Gasteiger partial charge < -0.3 is 9.79 Å². The van der Waals surface area contributed by atoms with Crippen LogP contribution >= 0.6 is 7.60 Å². The molecule has 0 fully saturated rings. The normalized spacial score (nSPS) is 12.8. The van der Waals surface area contributed by atoms with Gasteiger partial charge in [0, 0.05) is 24.5 Å². The molecule has 0 bridgehead atoms. The molecule has 0 unspecified atom stereocenters. The van der Waals surface area contributed by atoms with E-state index < -0.39 is 12.9 Å². The number of aromatic nitrogens is 2. The van der Waals surface area contributed by atoms with E-state index in [0.29, 0.717) is 12.4 Å². The van der Waals surface area contributed by atoms with Gasteiger partial charge in [-0.25, -0.2) is 9.97 Å². The average molecular weight is 245 g/mol. The molecule has 0 aromatic carbocycles. The molecule has 0 saturated carbocycles. The molecule has 0 aliphatic carbocycles. The Hall–Kier alpha value is -0.810. The molecule has 16 heavy (non-hydrogen) atoms. The summed E-state index contributed by atoms with van der Waals surface area (Å²) in [5.41, 5.74) is 0.784. The van der Waals surface area contributed by atoms with Crippen LogP contribution in [0.4, 0.5) is 0 Å². The molecule has 1 aromatic heterocycles. The lowest BCUT2D eigenvalue weighted by atomic mass is 10.3. The highest BCUT2D eigenvalue weighted by atomic mass is 31.2. The maximum atomic E-state index is 11.1. The van der Waals surface area contributed by atoms with Crippen molar-refractivity contribution in [3.8, 4) is 0 Å². The number of aryl methyl sites for hydroxylation is 1. The Kier molecular flexibility index (Phi) is 3.80. The van der Waals surface area contributed by atoms with Crippen LogP contribution in [0.15, 0.2) is 12.4 Å². The second kappa shape index (κ2) is 4.59. The fraction of sp³-hybridized carbons (Fsp3) is 0.556. The van der Waals surface area contributed by atoms with Gasteiger partial charge in [0.05, 0.1) is 0 Å². The molecule has 0 amide bonds. The van der Waals surface area contributed by atoms with E-state index in [4.69, 9.17) is 9.79 Å². The molecule has 0 aliphatic heterocycles. The van der Waals surface area contributed by atoms with E-state index in [2.05, 4.69) is 15.3 Å². The molecule has 0 spiro atoms. The van der Waals surface area contributed by atoms with Gasteiger partial charge in [0.2, 0.25) is 0 Å². The topological polar surface area (TPSA) is 95.3 Å². The van der Waals surface area contributed by atoms with Crippen LogP contribution in [0.3, 0.4) is 0 Å². The van der Waals surface area contributed by atoms with E-state index in [1.165, 1.54) is 13.8 Å². The van der Waals surface area contributed by atoms with Gasteiger partial charge in [0.25, 0.3) is 0 Å². The summed E-state index contributed by atoms with van der Waals surface area (Å²) in [6, 6.07) is 0. The fourth-order valence-electron chi connectivity index (χ4n) is 0.932. The maximum absolute atomic E-state index is 11.1. The summed E-state index contributed by atoms with van der Waals surface area (Å²) in [5.74, 6) is 0.665. The molecule has 90 valence electrons. The monoisotopic (exact) mass is 245 g/mol. The maximum Gasteiger partial charge on any atom is 0.344 e. The summed E-state index contributed by atoms with van der Waals surface area (Å²) >= 11 is 0. The number of nitrogens with one attached hydrogen (secondary N) is 1. The minimum atomic E-state index is -4.17. The highest BCUT2D eigenvalue weighted by molar-refractivity contribution is 7.53. The molecule has 3 N–H and O–H groups in total. The first-order chi connectivity index (χ1) is 7.22. The molecule has 1 rings (SSSR count). The molecular weight excluding hydrogens is 229 g/mol. The number of hydrogen-bond donors (Lipinski definition) is 3. The van der Waals surface area contributed by atoms with Crippen LogP contribution in [-0.4, -0.2) is 25.0 Å². The summed E-state index contributed by atoms with van der Waals surface area (Å²) in [5, 5.41) is 1.54. The zero-order chi connectivity index (χ0) is 12.4. The van der Waals surface area contributed by atoms with Crippen LogP contribution in [0.1, 0.15) is 25.2 Å². The summed E-state index contributed by atoms with van der Waals surface area (Å²) in [6.07, 6.45) is 3.26. The number of nitrogens with zero attached hydrogens (tertiary/aromatic N) is 2. The summed E-state index contributed by atoms with van der Waals surface area (Å²) < 4.78 is 11.1. The second-order valence-corrected chi connectivity index (χ2v) is 6.30. The third-order valence-corrected chi connectivity index (χ3v) is 3.90. The van der Waals surface area contributed by atoms with Crippen LogP contribution in [0, 0.1) is 6.92 Å². The van der Waals surface area contributed by atoms with E-state index in [1.807, 2.05) is 0 Å².